The molecule has 84 valence electrons. The van der Waals surface area contributed by atoms with Crippen molar-refractivity contribution >= 4 is 5.69 Å². The number of rotatable bonds is 3. The van der Waals surface area contributed by atoms with Gasteiger partial charge in [-0.05, 0) is 22.6 Å². The van der Waals surface area contributed by atoms with Gasteiger partial charge in [0.05, 0.1) is 12.8 Å². The first-order chi connectivity index (χ1) is 7.77. The Morgan fingerprint density at radius 2 is 2.25 bits per heavy atom. The van der Waals surface area contributed by atoms with E-state index in [1.54, 1.807) is 13.1 Å². The Hall–Kier alpha value is -2.18. The van der Waals surface area contributed by atoms with E-state index in [9.17, 15) is 4.39 Å². The largest absolute Gasteiger partial charge is 0.494 e. The van der Waals surface area contributed by atoms with Gasteiger partial charge in [-0.1, -0.05) is 0 Å². The number of tetrazole rings is 1. The third-order valence-electron chi connectivity index (χ3n) is 2.15. The van der Waals surface area contributed by atoms with Crippen molar-refractivity contribution in [1.29, 1.82) is 0 Å². The van der Waals surface area contributed by atoms with E-state index in [0.29, 0.717) is 5.69 Å². The van der Waals surface area contributed by atoms with E-state index in [4.69, 9.17) is 4.74 Å². The SMILES string of the molecule is CNc1c(-n2cnnn2)ccc(OC)c1F. The van der Waals surface area contributed by atoms with Crippen molar-refractivity contribution in [2.45, 2.75) is 0 Å². The Labute approximate surface area is 91.0 Å². The second-order valence-corrected chi connectivity index (χ2v) is 2.98. The van der Waals surface area contributed by atoms with Crippen molar-refractivity contribution in [2.24, 2.45) is 0 Å². The maximum Gasteiger partial charge on any atom is 0.190 e. The predicted molar refractivity (Wildman–Crippen MR) is 55.2 cm³/mol. The molecular formula is C9H10FN5O. The highest BCUT2D eigenvalue weighted by atomic mass is 19.1. The van der Waals surface area contributed by atoms with E-state index in [-0.39, 0.29) is 11.4 Å². The molecule has 1 aromatic carbocycles. The summed E-state index contributed by atoms with van der Waals surface area (Å²) in [5.74, 6) is -0.306. The molecule has 0 aliphatic heterocycles. The van der Waals surface area contributed by atoms with Crippen LogP contribution in [0.15, 0.2) is 18.5 Å². The number of hydrogen-bond donors (Lipinski definition) is 1. The molecule has 0 unspecified atom stereocenters. The third-order valence-corrected chi connectivity index (χ3v) is 2.15. The third kappa shape index (κ3) is 1.56. The van der Waals surface area contributed by atoms with Crippen LogP contribution in [-0.4, -0.2) is 34.4 Å². The van der Waals surface area contributed by atoms with Crippen LogP contribution in [-0.2, 0) is 0 Å². The van der Waals surface area contributed by atoms with E-state index in [0.717, 1.165) is 0 Å². The lowest BCUT2D eigenvalue weighted by molar-refractivity contribution is 0.387. The van der Waals surface area contributed by atoms with Gasteiger partial charge in [-0.25, -0.2) is 4.39 Å². The molecule has 0 bridgehead atoms. The van der Waals surface area contributed by atoms with Crippen LogP contribution < -0.4 is 10.1 Å². The first-order valence-electron chi connectivity index (χ1n) is 4.55. The predicted octanol–water partition coefficient (Wildman–Crippen LogP) is 0.852. The molecule has 0 aliphatic rings. The summed E-state index contributed by atoms with van der Waals surface area (Å²) in [4.78, 5) is 0. The zero-order valence-corrected chi connectivity index (χ0v) is 8.81. The number of ether oxygens (including phenoxy) is 1. The van der Waals surface area contributed by atoms with Gasteiger partial charge in [-0.15, -0.1) is 5.10 Å². The number of benzene rings is 1. The summed E-state index contributed by atoms with van der Waals surface area (Å²) < 4.78 is 20.1. The van der Waals surface area contributed by atoms with Crippen LogP contribution in [0.2, 0.25) is 0 Å². The molecule has 1 aromatic heterocycles. The molecule has 1 N–H and O–H groups in total. The highest BCUT2D eigenvalue weighted by molar-refractivity contribution is 5.64. The van der Waals surface area contributed by atoms with Crippen LogP contribution in [0.1, 0.15) is 0 Å². The van der Waals surface area contributed by atoms with E-state index in [1.165, 1.54) is 24.2 Å². The molecule has 2 rings (SSSR count). The van der Waals surface area contributed by atoms with Crippen LogP contribution in [0.25, 0.3) is 5.69 Å². The van der Waals surface area contributed by atoms with Gasteiger partial charge >= 0.3 is 0 Å². The summed E-state index contributed by atoms with van der Waals surface area (Å²) in [7, 11) is 3.03. The highest BCUT2D eigenvalue weighted by Crippen LogP contribution is 2.29. The quantitative estimate of drug-likeness (QED) is 0.835. The maximum absolute atomic E-state index is 13.9. The van der Waals surface area contributed by atoms with Crippen LogP contribution in [0.3, 0.4) is 0 Å². The summed E-state index contributed by atoms with van der Waals surface area (Å²) in [6.45, 7) is 0. The number of aromatic nitrogens is 4. The van der Waals surface area contributed by atoms with Crippen LogP contribution in [0, 0.1) is 5.82 Å². The summed E-state index contributed by atoms with van der Waals surface area (Å²) in [6, 6.07) is 3.19. The fourth-order valence-corrected chi connectivity index (χ4v) is 1.40. The molecule has 2 aromatic rings. The standard InChI is InChI=1S/C9H10FN5O/c1-11-9-6(15-5-12-13-14-15)3-4-7(16-2)8(9)10/h3-5,11H,1-2H3. The van der Waals surface area contributed by atoms with Crippen molar-refractivity contribution in [3.8, 4) is 11.4 Å². The van der Waals surface area contributed by atoms with Gasteiger partial charge in [-0.2, -0.15) is 4.68 Å². The monoisotopic (exact) mass is 223 g/mol. The van der Waals surface area contributed by atoms with E-state index < -0.39 is 5.82 Å². The average Bonchev–Trinajstić information content (AvgIpc) is 2.82. The Morgan fingerprint density at radius 3 is 2.81 bits per heavy atom. The number of hydrogen-bond acceptors (Lipinski definition) is 5. The fourth-order valence-electron chi connectivity index (χ4n) is 1.40. The Balaban J connectivity index is 2.59. The lowest BCUT2D eigenvalue weighted by Crippen LogP contribution is -2.04. The molecule has 0 saturated carbocycles. The van der Waals surface area contributed by atoms with Crippen LogP contribution in [0.4, 0.5) is 10.1 Å². The summed E-state index contributed by atoms with van der Waals surface area (Å²) in [5.41, 5.74) is 0.803. The lowest BCUT2D eigenvalue weighted by atomic mass is 10.2. The van der Waals surface area contributed by atoms with Crippen LogP contribution in [0.5, 0.6) is 5.75 Å². The summed E-state index contributed by atoms with van der Waals surface area (Å²) in [6.07, 6.45) is 1.39. The molecule has 0 atom stereocenters. The first kappa shape index (κ1) is 10.3. The molecule has 6 nitrogen and oxygen atoms in total. The van der Waals surface area contributed by atoms with Crippen molar-refractivity contribution in [1.82, 2.24) is 20.2 Å². The average molecular weight is 223 g/mol. The van der Waals surface area contributed by atoms with Gasteiger partial charge in [-0.3, -0.25) is 0 Å². The Bertz CT molecular complexity index is 485. The molecule has 16 heavy (non-hydrogen) atoms. The van der Waals surface area contributed by atoms with Gasteiger partial charge in [0.15, 0.2) is 11.6 Å². The normalized spacial score (nSPS) is 10.2. The Kier molecular flexibility index (Phi) is 2.67. The topological polar surface area (TPSA) is 64.9 Å². The second kappa shape index (κ2) is 4.13. The van der Waals surface area contributed by atoms with E-state index in [2.05, 4.69) is 20.8 Å². The zero-order chi connectivity index (χ0) is 11.5. The number of anilines is 1. The molecule has 0 fully saturated rings. The van der Waals surface area contributed by atoms with E-state index in [1.807, 2.05) is 0 Å². The number of methoxy groups -OCH3 is 1. The zero-order valence-electron chi connectivity index (χ0n) is 8.81. The molecule has 0 saturated heterocycles. The number of nitrogens with one attached hydrogen (secondary N) is 1. The van der Waals surface area contributed by atoms with Gasteiger partial charge in [0, 0.05) is 7.05 Å². The molecular weight excluding hydrogens is 213 g/mol. The Morgan fingerprint density at radius 1 is 1.44 bits per heavy atom. The molecule has 0 aliphatic carbocycles. The summed E-state index contributed by atoms with van der Waals surface area (Å²) >= 11 is 0. The van der Waals surface area contributed by atoms with E-state index >= 15 is 0 Å². The molecule has 0 spiro atoms. The molecule has 0 radical (unpaired) electrons. The van der Waals surface area contributed by atoms with Crippen molar-refractivity contribution in [3.63, 3.8) is 0 Å². The van der Waals surface area contributed by atoms with Gasteiger partial charge in [0.2, 0.25) is 0 Å². The van der Waals surface area contributed by atoms with Gasteiger partial charge < -0.3 is 10.1 Å². The molecule has 7 heteroatoms. The number of halogens is 1. The van der Waals surface area contributed by atoms with Gasteiger partial charge in [0.25, 0.3) is 0 Å². The summed E-state index contributed by atoms with van der Waals surface area (Å²) in [5, 5.41) is 13.4. The minimum Gasteiger partial charge on any atom is -0.494 e. The minimum atomic E-state index is -0.474. The fraction of sp³-hybridized carbons (Fsp3) is 0.222. The van der Waals surface area contributed by atoms with Crippen LogP contribution >= 0.6 is 0 Å². The second-order valence-electron chi connectivity index (χ2n) is 2.98. The van der Waals surface area contributed by atoms with Crippen molar-refractivity contribution in [2.75, 3.05) is 19.5 Å². The van der Waals surface area contributed by atoms with Crippen molar-refractivity contribution < 1.29 is 9.13 Å². The maximum atomic E-state index is 13.9. The van der Waals surface area contributed by atoms with Crippen molar-refractivity contribution in [3.05, 3.63) is 24.3 Å². The lowest BCUT2D eigenvalue weighted by Gasteiger charge is -2.11. The highest BCUT2D eigenvalue weighted by Gasteiger charge is 2.14. The first-order valence-corrected chi connectivity index (χ1v) is 4.55. The minimum absolute atomic E-state index is 0.168. The molecule has 0 amide bonds. The molecule has 1 heterocycles. The smallest absolute Gasteiger partial charge is 0.190 e. The number of nitrogens with zero attached hydrogens (tertiary/aromatic N) is 4. The van der Waals surface area contributed by atoms with Gasteiger partial charge in [0.1, 0.15) is 12.0 Å².